The Balaban J connectivity index is 2.16. The van der Waals surface area contributed by atoms with Crippen LogP contribution in [0, 0.1) is 12.7 Å². The van der Waals surface area contributed by atoms with Crippen LogP contribution < -0.4 is 5.73 Å². The predicted molar refractivity (Wildman–Crippen MR) is 70.6 cm³/mol. The Labute approximate surface area is 103 Å². The van der Waals surface area contributed by atoms with E-state index in [1.807, 2.05) is 18.2 Å². The van der Waals surface area contributed by atoms with Crippen molar-refractivity contribution in [2.24, 2.45) is 0 Å². The lowest BCUT2D eigenvalue weighted by Crippen LogP contribution is -1.85. The van der Waals surface area contributed by atoms with Gasteiger partial charge in [0.25, 0.3) is 0 Å². The first kappa shape index (κ1) is 10.8. The Morgan fingerprint density at radius 3 is 2.78 bits per heavy atom. The molecule has 0 amide bonds. The molecule has 0 unspecified atom stereocenters. The number of nitrogen functional groups attached to an aromatic ring is 1. The molecule has 0 aliphatic carbocycles. The van der Waals surface area contributed by atoms with Gasteiger partial charge in [0.1, 0.15) is 11.6 Å². The number of anilines is 1. The van der Waals surface area contributed by atoms with E-state index in [0.29, 0.717) is 11.3 Å². The van der Waals surface area contributed by atoms with Gasteiger partial charge in [-0.15, -0.1) is 0 Å². The summed E-state index contributed by atoms with van der Waals surface area (Å²) in [6.07, 6.45) is 0. The van der Waals surface area contributed by atoms with Crippen LogP contribution in [0.2, 0.25) is 0 Å². The first-order chi connectivity index (χ1) is 8.63. The number of hydrogen-bond acceptors (Lipinski definition) is 2. The van der Waals surface area contributed by atoms with Gasteiger partial charge in [-0.05, 0) is 48.9 Å². The molecule has 0 aliphatic heterocycles. The van der Waals surface area contributed by atoms with Gasteiger partial charge in [-0.3, -0.25) is 0 Å². The third kappa shape index (κ3) is 1.72. The van der Waals surface area contributed by atoms with Crippen molar-refractivity contribution >= 4 is 16.7 Å². The maximum Gasteiger partial charge on any atom is 0.138 e. The fourth-order valence-electron chi connectivity index (χ4n) is 1.96. The first-order valence-electron chi connectivity index (χ1n) is 5.65. The number of imidazole rings is 1. The number of H-pyrrole nitrogens is 1. The average molecular weight is 241 g/mol. The number of nitrogens with two attached hydrogens (primary N) is 1. The number of hydrogen-bond donors (Lipinski definition) is 2. The summed E-state index contributed by atoms with van der Waals surface area (Å²) in [4.78, 5) is 7.65. The third-order valence-electron chi connectivity index (χ3n) is 2.94. The molecule has 0 aliphatic rings. The van der Waals surface area contributed by atoms with E-state index in [9.17, 15) is 4.39 Å². The van der Waals surface area contributed by atoms with Gasteiger partial charge in [-0.1, -0.05) is 0 Å². The van der Waals surface area contributed by atoms with Crippen LogP contribution in [0.1, 0.15) is 5.56 Å². The van der Waals surface area contributed by atoms with Gasteiger partial charge in [-0.2, -0.15) is 0 Å². The van der Waals surface area contributed by atoms with Crippen molar-refractivity contribution in [3.05, 3.63) is 47.8 Å². The van der Waals surface area contributed by atoms with E-state index in [1.54, 1.807) is 19.1 Å². The van der Waals surface area contributed by atoms with Crippen LogP contribution in [-0.2, 0) is 0 Å². The molecule has 3 nitrogen and oxygen atoms in total. The first-order valence-corrected chi connectivity index (χ1v) is 5.65. The average Bonchev–Trinajstić information content (AvgIpc) is 2.75. The van der Waals surface area contributed by atoms with E-state index >= 15 is 0 Å². The summed E-state index contributed by atoms with van der Waals surface area (Å²) in [5.74, 6) is 0.512. The van der Waals surface area contributed by atoms with Crippen LogP contribution in [0.5, 0.6) is 0 Å². The highest BCUT2D eigenvalue weighted by Crippen LogP contribution is 2.23. The maximum absolute atomic E-state index is 13.2. The number of aromatic nitrogens is 2. The van der Waals surface area contributed by atoms with E-state index in [-0.39, 0.29) is 5.82 Å². The second-order valence-electron chi connectivity index (χ2n) is 4.33. The number of rotatable bonds is 1. The van der Waals surface area contributed by atoms with Crippen molar-refractivity contribution in [2.75, 3.05) is 5.73 Å². The van der Waals surface area contributed by atoms with Gasteiger partial charge in [0.2, 0.25) is 0 Å². The smallest absolute Gasteiger partial charge is 0.138 e. The number of aromatic amines is 1. The lowest BCUT2D eigenvalue weighted by atomic mass is 10.1. The van der Waals surface area contributed by atoms with Crippen LogP contribution in [0.15, 0.2) is 36.4 Å². The Hall–Kier alpha value is -2.36. The van der Waals surface area contributed by atoms with Gasteiger partial charge in [0.05, 0.1) is 11.0 Å². The molecule has 3 aromatic rings. The molecule has 3 rings (SSSR count). The molecule has 90 valence electrons. The molecule has 0 bridgehead atoms. The van der Waals surface area contributed by atoms with E-state index in [4.69, 9.17) is 5.73 Å². The van der Waals surface area contributed by atoms with Gasteiger partial charge in [-0.25, -0.2) is 9.37 Å². The van der Waals surface area contributed by atoms with Crippen molar-refractivity contribution in [2.45, 2.75) is 6.92 Å². The molecule has 0 saturated heterocycles. The minimum Gasteiger partial charge on any atom is -0.399 e. The quantitative estimate of drug-likeness (QED) is 0.642. The molecule has 1 heterocycles. The number of nitrogens with zero attached hydrogens (tertiary/aromatic N) is 1. The molecule has 0 fully saturated rings. The van der Waals surface area contributed by atoms with Gasteiger partial charge >= 0.3 is 0 Å². The summed E-state index contributed by atoms with van der Waals surface area (Å²) in [7, 11) is 0. The van der Waals surface area contributed by atoms with Crippen molar-refractivity contribution in [1.82, 2.24) is 9.97 Å². The van der Waals surface area contributed by atoms with Gasteiger partial charge in [0, 0.05) is 11.3 Å². The molecule has 4 heteroatoms. The summed E-state index contributed by atoms with van der Waals surface area (Å²) in [6.45, 7) is 1.74. The Bertz CT molecular complexity index is 731. The monoisotopic (exact) mass is 241 g/mol. The van der Waals surface area contributed by atoms with E-state index in [2.05, 4.69) is 9.97 Å². The summed E-state index contributed by atoms with van der Waals surface area (Å²) >= 11 is 0. The zero-order valence-corrected chi connectivity index (χ0v) is 9.87. The Morgan fingerprint density at radius 1 is 1.17 bits per heavy atom. The van der Waals surface area contributed by atoms with Gasteiger partial charge in [0.15, 0.2) is 0 Å². The molecule has 2 aromatic carbocycles. The largest absolute Gasteiger partial charge is 0.399 e. The lowest BCUT2D eigenvalue weighted by Gasteiger charge is -1.99. The summed E-state index contributed by atoms with van der Waals surface area (Å²) in [6, 6.07) is 10.4. The molecule has 0 atom stereocenters. The topological polar surface area (TPSA) is 54.7 Å². The fourth-order valence-corrected chi connectivity index (χ4v) is 1.96. The number of nitrogens with one attached hydrogen (secondary N) is 1. The van der Waals surface area contributed by atoms with Crippen molar-refractivity contribution in [3.8, 4) is 11.4 Å². The van der Waals surface area contributed by atoms with Crippen LogP contribution in [0.4, 0.5) is 10.1 Å². The molecule has 0 spiro atoms. The normalized spacial score (nSPS) is 11.0. The maximum atomic E-state index is 13.2. The Kier molecular flexibility index (Phi) is 2.30. The molecular weight excluding hydrogens is 229 g/mol. The third-order valence-corrected chi connectivity index (χ3v) is 2.94. The highest BCUT2D eigenvalue weighted by Gasteiger charge is 2.07. The number of fused-ring (bicyclic) bond motifs is 1. The summed E-state index contributed by atoms with van der Waals surface area (Å²) in [5, 5.41) is 0. The highest BCUT2D eigenvalue weighted by atomic mass is 19.1. The van der Waals surface area contributed by atoms with E-state index in [0.717, 1.165) is 22.4 Å². The predicted octanol–water partition coefficient (Wildman–Crippen LogP) is 3.26. The zero-order valence-electron chi connectivity index (χ0n) is 9.87. The van der Waals surface area contributed by atoms with Crippen molar-refractivity contribution < 1.29 is 4.39 Å². The SMILES string of the molecule is Cc1cc(-c2nc3ccc(N)cc3[nH]2)ccc1F. The van der Waals surface area contributed by atoms with Crippen LogP contribution in [-0.4, -0.2) is 9.97 Å². The summed E-state index contributed by atoms with van der Waals surface area (Å²) < 4.78 is 13.2. The van der Waals surface area contributed by atoms with E-state index in [1.165, 1.54) is 6.07 Å². The second-order valence-corrected chi connectivity index (χ2v) is 4.33. The standard InChI is InChI=1S/C14H12FN3/c1-8-6-9(2-4-11(8)15)14-17-12-5-3-10(16)7-13(12)18-14/h2-7H,16H2,1H3,(H,17,18). The molecule has 3 N–H and O–H groups in total. The van der Waals surface area contributed by atoms with E-state index < -0.39 is 0 Å². The van der Waals surface area contributed by atoms with Gasteiger partial charge < -0.3 is 10.7 Å². The molecule has 18 heavy (non-hydrogen) atoms. The molecule has 0 saturated carbocycles. The summed E-state index contributed by atoms with van der Waals surface area (Å²) in [5.41, 5.74) is 9.60. The van der Waals surface area contributed by atoms with Crippen LogP contribution in [0.25, 0.3) is 22.4 Å². The lowest BCUT2D eigenvalue weighted by molar-refractivity contribution is 0.618. The number of halogens is 1. The molecular formula is C14H12FN3. The van der Waals surface area contributed by atoms with Crippen LogP contribution in [0.3, 0.4) is 0 Å². The van der Waals surface area contributed by atoms with Crippen molar-refractivity contribution in [3.63, 3.8) is 0 Å². The molecule has 1 aromatic heterocycles. The Morgan fingerprint density at radius 2 is 2.00 bits per heavy atom. The molecule has 0 radical (unpaired) electrons. The number of aryl methyl sites for hydroxylation is 1. The van der Waals surface area contributed by atoms with Crippen molar-refractivity contribution in [1.29, 1.82) is 0 Å². The second kappa shape index (κ2) is 3.84. The van der Waals surface area contributed by atoms with Crippen LogP contribution >= 0.6 is 0 Å². The minimum atomic E-state index is -0.209. The highest BCUT2D eigenvalue weighted by molar-refractivity contribution is 5.82. The number of benzene rings is 2. The minimum absolute atomic E-state index is 0.209. The zero-order chi connectivity index (χ0) is 12.7. The fraction of sp³-hybridized carbons (Fsp3) is 0.0714.